The highest BCUT2D eigenvalue weighted by Crippen LogP contribution is 2.24. The Hall–Kier alpha value is -0.860. The SMILES string of the molecule is CCN(Cc1ccc(CO)cc1)C1CCCC1. The molecule has 1 aromatic carbocycles. The van der Waals surface area contributed by atoms with E-state index >= 15 is 0 Å². The van der Waals surface area contributed by atoms with Gasteiger partial charge in [-0.3, -0.25) is 4.90 Å². The lowest BCUT2D eigenvalue weighted by Crippen LogP contribution is -2.32. The summed E-state index contributed by atoms with van der Waals surface area (Å²) in [7, 11) is 0. The van der Waals surface area contributed by atoms with Crippen molar-refractivity contribution in [3.63, 3.8) is 0 Å². The van der Waals surface area contributed by atoms with Gasteiger partial charge in [0.2, 0.25) is 0 Å². The quantitative estimate of drug-likeness (QED) is 0.845. The minimum Gasteiger partial charge on any atom is -0.392 e. The number of nitrogens with zero attached hydrogens (tertiary/aromatic N) is 1. The van der Waals surface area contributed by atoms with Crippen LogP contribution in [-0.4, -0.2) is 22.6 Å². The van der Waals surface area contributed by atoms with E-state index in [-0.39, 0.29) is 6.61 Å². The van der Waals surface area contributed by atoms with Crippen molar-refractivity contribution < 1.29 is 5.11 Å². The Bertz CT molecular complexity index is 327. The molecular weight excluding hydrogens is 210 g/mol. The van der Waals surface area contributed by atoms with Crippen LogP contribution in [0.1, 0.15) is 43.7 Å². The van der Waals surface area contributed by atoms with Crippen LogP contribution in [-0.2, 0) is 13.2 Å². The lowest BCUT2D eigenvalue weighted by molar-refractivity contribution is 0.200. The van der Waals surface area contributed by atoms with E-state index in [1.54, 1.807) is 0 Å². The number of hydrogen-bond donors (Lipinski definition) is 1. The van der Waals surface area contributed by atoms with Crippen molar-refractivity contribution in [3.05, 3.63) is 35.4 Å². The molecule has 1 aliphatic rings. The molecule has 0 aromatic heterocycles. The second-order valence-corrected chi connectivity index (χ2v) is 4.98. The van der Waals surface area contributed by atoms with Crippen LogP contribution < -0.4 is 0 Å². The Morgan fingerprint density at radius 1 is 1.12 bits per heavy atom. The van der Waals surface area contributed by atoms with E-state index in [1.165, 1.54) is 31.2 Å². The molecule has 0 spiro atoms. The Morgan fingerprint density at radius 3 is 2.24 bits per heavy atom. The topological polar surface area (TPSA) is 23.5 Å². The van der Waals surface area contributed by atoms with E-state index in [4.69, 9.17) is 5.11 Å². The largest absolute Gasteiger partial charge is 0.392 e. The maximum Gasteiger partial charge on any atom is 0.0681 e. The fourth-order valence-corrected chi connectivity index (χ4v) is 2.75. The maximum atomic E-state index is 9.02. The molecule has 0 saturated heterocycles. The normalized spacial score (nSPS) is 16.9. The number of aliphatic hydroxyl groups is 1. The van der Waals surface area contributed by atoms with E-state index in [1.807, 2.05) is 12.1 Å². The highest BCUT2D eigenvalue weighted by Gasteiger charge is 2.21. The van der Waals surface area contributed by atoms with Crippen LogP contribution in [0.3, 0.4) is 0 Å². The molecule has 0 unspecified atom stereocenters. The van der Waals surface area contributed by atoms with Crippen LogP contribution in [0.25, 0.3) is 0 Å². The van der Waals surface area contributed by atoms with Crippen molar-refractivity contribution in [2.24, 2.45) is 0 Å². The van der Waals surface area contributed by atoms with E-state index in [9.17, 15) is 0 Å². The molecule has 2 rings (SSSR count). The van der Waals surface area contributed by atoms with Crippen LogP contribution in [0.5, 0.6) is 0 Å². The summed E-state index contributed by atoms with van der Waals surface area (Å²) in [6.45, 7) is 4.57. The molecule has 0 amide bonds. The summed E-state index contributed by atoms with van der Waals surface area (Å²) in [6.07, 6.45) is 5.51. The third kappa shape index (κ3) is 3.30. The zero-order valence-electron chi connectivity index (χ0n) is 10.7. The Kier molecular flexibility index (Phi) is 4.57. The number of benzene rings is 1. The lowest BCUT2D eigenvalue weighted by atomic mass is 10.1. The molecule has 0 heterocycles. The Labute approximate surface area is 104 Å². The van der Waals surface area contributed by atoms with Gasteiger partial charge in [0.25, 0.3) is 0 Å². The highest BCUT2D eigenvalue weighted by atomic mass is 16.3. The third-order valence-electron chi connectivity index (χ3n) is 3.84. The van der Waals surface area contributed by atoms with Gasteiger partial charge in [-0.05, 0) is 30.5 Å². The predicted octanol–water partition coefficient (Wildman–Crippen LogP) is 2.94. The number of rotatable bonds is 5. The number of aliphatic hydroxyl groups excluding tert-OH is 1. The molecule has 0 radical (unpaired) electrons. The number of hydrogen-bond acceptors (Lipinski definition) is 2. The molecule has 0 bridgehead atoms. The van der Waals surface area contributed by atoms with Crippen LogP contribution in [0.2, 0.25) is 0 Å². The average molecular weight is 233 g/mol. The van der Waals surface area contributed by atoms with Gasteiger partial charge < -0.3 is 5.11 Å². The van der Waals surface area contributed by atoms with Gasteiger partial charge in [-0.1, -0.05) is 44.0 Å². The fourth-order valence-electron chi connectivity index (χ4n) is 2.75. The lowest BCUT2D eigenvalue weighted by Gasteiger charge is -2.27. The van der Waals surface area contributed by atoms with Crippen molar-refractivity contribution in [1.82, 2.24) is 4.90 Å². The zero-order chi connectivity index (χ0) is 12.1. The molecule has 1 saturated carbocycles. The summed E-state index contributed by atoms with van der Waals surface area (Å²) in [6, 6.07) is 9.12. The second-order valence-electron chi connectivity index (χ2n) is 4.98. The molecule has 0 atom stereocenters. The summed E-state index contributed by atoms with van der Waals surface area (Å²) in [5.74, 6) is 0. The Balaban J connectivity index is 1.96. The molecule has 0 aliphatic heterocycles. The summed E-state index contributed by atoms with van der Waals surface area (Å²) in [4.78, 5) is 2.58. The predicted molar refractivity (Wildman–Crippen MR) is 70.7 cm³/mol. The molecular formula is C15H23NO. The third-order valence-corrected chi connectivity index (χ3v) is 3.84. The van der Waals surface area contributed by atoms with Gasteiger partial charge in [0.05, 0.1) is 6.61 Å². The van der Waals surface area contributed by atoms with Gasteiger partial charge in [-0.15, -0.1) is 0 Å². The first-order chi connectivity index (χ1) is 8.33. The van der Waals surface area contributed by atoms with Crippen molar-refractivity contribution >= 4 is 0 Å². The second kappa shape index (κ2) is 6.18. The minimum absolute atomic E-state index is 0.139. The summed E-state index contributed by atoms with van der Waals surface area (Å²) in [5, 5.41) is 9.02. The first-order valence-electron chi connectivity index (χ1n) is 6.76. The first kappa shape index (κ1) is 12.6. The van der Waals surface area contributed by atoms with E-state index in [0.29, 0.717) is 0 Å². The molecule has 1 aliphatic carbocycles. The molecule has 17 heavy (non-hydrogen) atoms. The van der Waals surface area contributed by atoms with Crippen LogP contribution in [0, 0.1) is 0 Å². The van der Waals surface area contributed by atoms with Crippen LogP contribution >= 0.6 is 0 Å². The molecule has 1 fully saturated rings. The smallest absolute Gasteiger partial charge is 0.0681 e. The van der Waals surface area contributed by atoms with E-state index in [2.05, 4.69) is 24.0 Å². The van der Waals surface area contributed by atoms with Crippen LogP contribution in [0.15, 0.2) is 24.3 Å². The zero-order valence-corrected chi connectivity index (χ0v) is 10.7. The van der Waals surface area contributed by atoms with Gasteiger partial charge in [-0.2, -0.15) is 0 Å². The van der Waals surface area contributed by atoms with E-state index < -0.39 is 0 Å². The Morgan fingerprint density at radius 2 is 1.71 bits per heavy atom. The summed E-state index contributed by atoms with van der Waals surface area (Å²) >= 11 is 0. The van der Waals surface area contributed by atoms with Gasteiger partial charge in [-0.25, -0.2) is 0 Å². The summed E-state index contributed by atoms with van der Waals surface area (Å²) in [5.41, 5.74) is 2.36. The first-order valence-corrected chi connectivity index (χ1v) is 6.76. The highest BCUT2D eigenvalue weighted by molar-refractivity contribution is 5.22. The van der Waals surface area contributed by atoms with Gasteiger partial charge in [0.15, 0.2) is 0 Å². The average Bonchev–Trinajstić information content (AvgIpc) is 2.90. The van der Waals surface area contributed by atoms with Crippen molar-refractivity contribution in [2.75, 3.05) is 6.54 Å². The molecule has 2 nitrogen and oxygen atoms in total. The van der Waals surface area contributed by atoms with Gasteiger partial charge >= 0.3 is 0 Å². The van der Waals surface area contributed by atoms with Crippen molar-refractivity contribution in [2.45, 2.75) is 51.8 Å². The van der Waals surface area contributed by atoms with E-state index in [0.717, 1.165) is 24.7 Å². The van der Waals surface area contributed by atoms with Crippen LogP contribution in [0.4, 0.5) is 0 Å². The fraction of sp³-hybridized carbons (Fsp3) is 0.600. The standard InChI is InChI=1S/C15H23NO/c1-2-16(15-5-3-4-6-15)11-13-7-9-14(12-17)10-8-13/h7-10,15,17H,2-6,11-12H2,1H3. The van der Waals surface area contributed by atoms with Gasteiger partial charge in [0.1, 0.15) is 0 Å². The maximum absolute atomic E-state index is 9.02. The molecule has 1 aromatic rings. The molecule has 94 valence electrons. The minimum atomic E-state index is 0.139. The molecule has 1 N–H and O–H groups in total. The van der Waals surface area contributed by atoms with Crippen molar-refractivity contribution in [1.29, 1.82) is 0 Å². The monoisotopic (exact) mass is 233 g/mol. The van der Waals surface area contributed by atoms with Gasteiger partial charge in [0, 0.05) is 12.6 Å². The summed E-state index contributed by atoms with van der Waals surface area (Å²) < 4.78 is 0. The van der Waals surface area contributed by atoms with Crippen molar-refractivity contribution in [3.8, 4) is 0 Å². The molecule has 2 heteroatoms.